The van der Waals surface area contributed by atoms with E-state index >= 15 is 0 Å². The zero-order chi connectivity index (χ0) is 13.5. The van der Waals surface area contributed by atoms with Crippen LogP contribution >= 0.6 is 15.9 Å². The van der Waals surface area contributed by atoms with E-state index in [1.807, 2.05) is 20.8 Å². The van der Waals surface area contributed by atoms with Crippen molar-refractivity contribution in [1.82, 2.24) is 5.32 Å². The molecule has 0 aromatic heterocycles. The van der Waals surface area contributed by atoms with Crippen LogP contribution in [0.1, 0.15) is 38.8 Å². The highest BCUT2D eigenvalue weighted by atomic mass is 79.9. The molecule has 0 bridgehead atoms. The minimum absolute atomic E-state index is 0.0177. The Hall–Kier alpha value is -0.680. The zero-order valence-electron chi connectivity index (χ0n) is 10.6. The molecule has 1 aromatic rings. The second-order valence-corrected chi connectivity index (χ2v) is 5.93. The largest absolute Gasteiger partial charge is 0.484 e. The summed E-state index contributed by atoms with van der Waals surface area (Å²) >= 11 is 3.29. The Kier molecular flexibility index (Phi) is 3.65. The lowest BCUT2D eigenvalue weighted by Crippen LogP contribution is -2.40. The van der Waals surface area contributed by atoms with Crippen LogP contribution < -0.4 is 10.1 Å². The summed E-state index contributed by atoms with van der Waals surface area (Å²) in [6, 6.07) is 1.11. The zero-order valence-corrected chi connectivity index (χ0v) is 12.2. The Bertz CT molecular complexity index is 477. The quantitative estimate of drug-likeness (QED) is 0.834. The van der Waals surface area contributed by atoms with Crippen LogP contribution in [0.15, 0.2) is 10.5 Å². The van der Waals surface area contributed by atoms with Gasteiger partial charge in [-0.25, -0.2) is 4.39 Å². The summed E-state index contributed by atoms with van der Waals surface area (Å²) in [4.78, 5) is 0. The Morgan fingerprint density at radius 1 is 1.50 bits per heavy atom. The van der Waals surface area contributed by atoms with Gasteiger partial charge < -0.3 is 10.1 Å². The van der Waals surface area contributed by atoms with E-state index in [-0.39, 0.29) is 11.8 Å². The third-order valence-corrected chi connectivity index (χ3v) is 3.69. The number of nitrogens with one attached hydrogen (secondary N) is 1. The Morgan fingerprint density at radius 3 is 2.78 bits per heavy atom. The molecule has 100 valence electrons. The van der Waals surface area contributed by atoms with Gasteiger partial charge in [-0.1, -0.05) is 22.9 Å². The predicted molar refractivity (Wildman–Crippen MR) is 69.8 cm³/mol. The van der Waals surface area contributed by atoms with Gasteiger partial charge in [0.2, 0.25) is 5.82 Å². The van der Waals surface area contributed by atoms with Crippen molar-refractivity contribution in [3.8, 4) is 5.75 Å². The van der Waals surface area contributed by atoms with Gasteiger partial charge in [0.15, 0.2) is 11.6 Å². The van der Waals surface area contributed by atoms with Crippen LogP contribution in [0.25, 0.3) is 0 Å². The SMILES string of the molecule is CCNC1CC(C)(C)Oc2c(F)c(F)cc(Br)c21. The van der Waals surface area contributed by atoms with Gasteiger partial charge in [-0.3, -0.25) is 0 Å². The van der Waals surface area contributed by atoms with Crippen molar-refractivity contribution in [3.05, 3.63) is 27.7 Å². The summed E-state index contributed by atoms with van der Waals surface area (Å²) in [5.74, 6) is -1.79. The minimum Gasteiger partial charge on any atom is -0.484 e. The van der Waals surface area contributed by atoms with Crippen LogP contribution in [0.2, 0.25) is 0 Å². The number of hydrogen-bond donors (Lipinski definition) is 1. The lowest BCUT2D eigenvalue weighted by molar-refractivity contribution is 0.0597. The lowest BCUT2D eigenvalue weighted by Gasteiger charge is -2.38. The van der Waals surface area contributed by atoms with Crippen molar-refractivity contribution in [1.29, 1.82) is 0 Å². The first-order valence-corrected chi connectivity index (χ1v) is 6.75. The van der Waals surface area contributed by atoms with Gasteiger partial charge in [-0.05, 0) is 26.5 Å². The number of benzene rings is 1. The summed E-state index contributed by atoms with van der Waals surface area (Å²) in [7, 11) is 0. The highest BCUT2D eigenvalue weighted by Gasteiger charge is 2.37. The van der Waals surface area contributed by atoms with E-state index in [1.54, 1.807) is 0 Å². The van der Waals surface area contributed by atoms with Crippen molar-refractivity contribution in [2.24, 2.45) is 0 Å². The molecule has 0 spiro atoms. The normalized spacial score (nSPS) is 21.3. The Morgan fingerprint density at radius 2 is 2.17 bits per heavy atom. The van der Waals surface area contributed by atoms with Gasteiger partial charge in [0.1, 0.15) is 5.60 Å². The second-order valence-electron chi connectivity index (χ2n) is 5.07. The second kappa shape index (κ2) is 4.78. The first-order valence-electron chi connectivity index (χ1n) is 5.95. The van der Waals surface area contributed by atoms with Crippen LogP contribution in [0, 0.1) is 11.6 Å². The van der Waals surface area contributed by atoms with Crippen LogP contribution in [0.5, 0.6) is 5.75 Å². The topological polar surface area (TPSA) is 21.3 Å². The smallest absolute Gasteiger partial charge is 0.201 e. The lowest BCUT2D eigenvalue weighted by atomic mass is 9.89. The predicted octanol–water partition coefficient (Wildman–Crippen LogP) is 3.94. The maximum absolute atomic E-state index is 13.9. The molecule has 5 heteroatoms. The summed E-state index contributed by atoms with van der Waals surface area (Å²) in [6.07, 6.45) is 0.706. The molecular weight excluding hydrogens is 304 g/mol. The fourth-order valence-electron chi connectivity index (χ4n) is 2.34. The van der Waals surface area contributed by atoms with Gasteiger partial charge in [0, 0.05) is 22.5 Å². The van der Waals surface area contributed by atoms with E-state index in [0.29, 0.717) is 16.5 Å². The molecule has 0 saturated heterocycles. The van der Waals surface area contributed by atoms with Gasteiger partial charge in [0.25, 0.3) is 0 Å². The van der Waals surface area contributed by atoms with E-state index in [0.717, 1.165) is 12.6 Å². The highest BCUT2D eigenvalue weighted by Crippen LogP contribution is 2.45. The number of fused-ring (bicyclic) bond motifs is 1. The molecule has 1 aliphatic rings. The maximum atomic E-state index is 13.9. The average molecular weight is 320 g/mol. The molecule has 1 atom stereocenters. The third-order valence-electron chi connectivity index (χ3n) is 3.04. The van der Waals surface area contributed by atoms with Crippen LogP contribution in [0.3, 0.4) is 0 Å². The van der Waals surface area contributed by atoms with Gasteiger partial charge in [-0.2, -0.15) is 4.39 Å². The number of ether oxygens (including phenoxy) is 1. The van der Waals surface area contributed by atoms with Crippen molar-refractivity contribution >= 4 is 15.9 Å². The maximum Gasteiger partial charge on any atom is 0.201 e. The molecule has 1 unspecified atom stereocenters. The molecule has 18 heavy (non-hydrogen) atoms. The fourth-order valence-corrected chi connectivity index (χ4v) is 3.00. The summed E-state index contributed by atoms with van der Waals surface area (Å²) in [5.41, 5.74) is 0.142. The molecule has 1 N–H and O–H groups in total. The molecule has 2 nitrogen and oxygen atoms in total. The molecule has 0 saturated carbocycles. The molecule has 1 aliphatic heterocycles. The molecule has 0 fully saturated rings. The van der Waals surface area contributed by atoms with E-state index in [4.69, 9.17) is 4.74 Å². The number of hydrogen-bond acceptors (Lipinski definition) is 2. The molecule has 0 aliphatic carbocycles. The number of rotatable bonds is 2. The van der Waals surface area contributed by atoms with Crippen LogP contribution in [-0.4, -0.2) is 12.1 Å². The molecule has 0 radical (unpaired) electrons. The van der Waals surface area contributed by atoms with Gasteiger partial charge in [-0.15, -0.1) is 0 Å². The first kappa shape index (κ1) is 13.7. The number of halogens is 3. The van der Waals surface area contributed by atoms with E-state index in [1.165, 1.54) is 0 Å². The first-order chi connectivity index (χ1) is 8.35. The monoisotopic (exact) mass is 319 g/mol. The highest BCUT2D eigenvalue weighted by molar-refractivity contribution is 9.10. The van der Waals surface area contributed by atoms with Gasteiger partial charge >= 0.3 is 0 Å². The van der Waals surface area contributed by atoms with E-state index in [2.05, 4.69) is 21.2 Å². The van der Waals surface area contributed by atoms with Crippen molar-refractivity contribution in [2.45, 2.75) is 38.8 Å². The fraction of sp³-hybridized carbons (Fsp3) is 0.538. The molecular formula is C13H16BrF2NO. The van der Waals surface area contributed by atoms with Crippen molar-refractivity contribution in [3.63, 3.8) is 0 Å². The Balaban J connectivity index is 2.58. The van der Waals surface area contributed by atoms with Crippen molar-refractivity contribution in [2.75, 3.05) is 6.54 Å². The molecule has 1 aromatic carbocycles. The van der Waals surface area contributed by atoms with Crippen LogP contribution in [-0.2, 0) is 0 Å². The minimum atomic E-state index is -0.913. The summed E-state index contributed by atoms with van der Waals surface area (Å²) < 4.78 is 33.4. The van der Waals surface area contributed by atoms with E-state index in [9.17, 15) is 8.78 Å². The average Bonchev–Trinajstić information content (AvgIpc) is 2.24. The van der Waals surface area contributed by atoms with E-state index < -0.39 is 17.2 Å². The standard InChI is InChI=1S/C13H16BrF2NO/c1-4-17-9-6-13(2,3)18-12-10(9)7(14)5-8(15)11(12)16/h5,9,17H,4,6H2,1-3H3. The van der Waals surface area contributed by atoms with Crippen LogP contribution in [0.4, 0.5) is 8.78 Å². The third kappa shape index (κ3) is 2.38. The summed E-state index contributed by atoms with van der Waals surface area (Å²) in [6.45, 7) is 6.48. The van der Waals surface area contributed by atoms with Gasteiger partial charge in [0.05, 0.1) is 0 Å². The molecule has 0 amide bonds. The molecule has 1 heterocycles. The Labute approximate surface area is 114 Å². The van der Waals surface area contributed by atoms with Crippen molar-refractivity contribution < 1.29 is 13.5 Å². The molecule has 2 rings (SSSR count). The summed E-state index contributed by atoms with van der Waals surface area (Å²) in [5, 5.41) is 3.28.